The molecule has 1 N–H and O–H groups in total. The second-order valence-electron chi connectivity index (χ2n) is 5.97. The van der Waals surface area contributed by atoms with Crippen molar-refractivity contribution in [3.05, 3.63) is 69.7 Å². The molecule has 0 fully saturated rings. The molecule has 0 aromatic heterocycles. The van der Waals surface area contributed by atoms with E-state index in [9.17, 15) is 4.79 Å². The van der Waals surface area contributed by atoms with Crippen molar-refractivity contribution in [2.45, 2.75) is 25.7 Å². The second kappa shape index (κ2) is 7.17. The van der Waals surface area contributed by atoms with Crippen molar-refractivity contribution in [2.24, 2.45) is 0 Å². The van der Waals surface area contributed by atoms with E-state index in [4.69, 9.17) is 23.2 Å². The minimum absolute atomic E-state index is 0.00404. The standard InChI is InChI=1S/C18H19Cl2NO/c1-18(2,14-5-9-16(20)10-6-14)12-21-17(22)11-13-3-7-15(19)8-4-13/h3-10H,11-12H2,1-2H3,(H,21,22). The molecule has 0 unspecified atom stereocenters. The third-order valence-corrected chi connectivity index (χ3v) is 4.14. The van der Waals surface area contributed by atoms with Crippen molar-refractivity contribution in [3.8, 4) is 0 Å². The maximum absolute atomic E-state index is 12.1. The van der Waals surface area contributed by atoms with Gasteiger partial charge in [0, 0.05) is 22.0 Å². The van der Waals surface area contributed by atoms with E-state index in [0.29, 0.717) is 23.0 Å². The molecule has 0 aliphatic carbocycles. The SMILES string of the molecule is CC(C)(CNC(=O)Cc1ccc(Cl)cc1)c1ccc(Cl)cc1. The van der Waals surface area contributed by atoms with Gasteiger partial charge in [0.1, 0.15) is 0 Å². The topological polar surface area (TPSA) is 29.1 Å². The zero-order chi connectivity index (χ0) is 16.2. The Hall–Kier alpha value is -1.51. The molecule has 0 spiro atoms. The summed E-state index contributed by atoms with van der Waals surface area (Å²) in [6.45, 7) is 4.76. The molecule has 0 aliphatic rings. The zero-order valence-corrected chi connectivity index (χ0v) is 14.2. The van der Waals surface area contributed by atoms with Crippen LogP contribution >= 0.6 is 23.2 Å². The number of benzene rings is 2. The lowest BCUT2D eigenvalue weighted by molar-refractivity contribution is -0.120. The van der Waals surface area contributed by atoms with E-state index in [2.05, 4.69) is 19.2 Å². The number of hydrogen-bond acceptors (Lipinski definition) is 1. The van der Waals surface area contributed by atoms with Crippen LogP contribution in [0.1, 0.15) is 25.0 Å². The van der Waals surface area contributed by atoms with Crippen molar-refractivity contribution in [1.82, 2.24) is 5.32 Å². The number of hydrogen-bond donors (Lipinski definition) is 1. The first-order valence-electron chi connectivity index (χ1n) is 7.14. The van der Waals surface area contributed by atoms with Gasteiger partial charge in [0.2, 0.25) is 5.91 Å². The van der Waals surface area contributed by atoms with Gasteiger partial charge in [-0.25, -0.2) is 0 Å². The van der Waals surface area contributed by atoms with Gasteiger partial charge in [-0.15, -0.1) is 0 Å². The zero-order valence-electron chi connectivity index (χ0n) is 12.7. The minimum atomic E-state index is -0.153. The Morgan fingerprint density at radius 1 is 0.955 bits per heavy atom. The van der Waals surface area contributed by atoms with Crippen LogP contribution in [-0.4, -0.2) is 12.5 Å². The largest absolute Gasteiger partial charge is 0.355 e. The Kier molecular flexibility index (Phi) is 5.49. The van der Waals surface area contributed by atoms with E-state index in [1.54, 1.807) is 12.1 Å². The lowest BCUT2D eigenvalue weighted by atomic mass is 9.84. The van der Waals surface area contributed by atoms with Gasteiger partial charge in [-0.1, -0.05) is 61.3 Å². The molecule has 0 saturated carbocycles. The molecule has 2 aromatic carbocycles. The van der Waals surface area contributed by atoms with Crippen molar-refractivity contribution < 1.29 is 4.79 Å². The third-order valence-electron chi connectivity index (χ3n) is 3.63. The normalized spacial score (nSPS) is 11.3. The second-order valence-corrected chi connectivity index (χ2v) is 6.84. The third kappa shape index (κ3) is 4.75. The Morgan fingerprint density at radius 3 is 2.00 bits per heavy atom. The highest BCUT2D eigenvalue weighted by molar-refractivity contribution is 6.30. The number of amides is 1. The first kappa shape index (κ1) is 16.9. The van der Waals surface area contributed by atoms with Crippen molar-refractivity contribution in [2.75, 3.05) is 6.54 Å². The molecule has 1 amide bonds. The van der Waals surface area contributed by atoms with E-state index in [1.165, 1.54) is 0 Å². The van der Waals surface area contributed by atoms with E-state index < -0.39 is 0 Å². The van der Waals surface area contributed by atoms with Crippen LogP contribution in [0.3, 0.4) is 0 Å². The van der Waals surface area contributed by atoms with Crippen LogP contribution in [0.15, 0.2) is 48.5 Å². The molecule has 2 aromatic rings. The van der Waals surface area contributed by atoms with Gasteiger partial charge >= 0.3 is 0 Å². The molecule has 4 heteroatoms. The summed E-state index contributed by atoms with van der Waals surface area (Å²) in [6, 6.07) is 15.0. The van der Waals surface area contributed by atoms with Crippen molar-refractivity contribution >= 4 is 29.1 Å². The summed E-state index contributed by atoms with van der Waals surface area (Å²) in [5.74, 6) is 0.00404. The monoisotopic (exact) mass is 335 g/mol. The molecule has 0 bridgehead atoms. The highest BCUT2D eigenvalue weighted by Gasteiger charge is 2.21. The number of halogens is 2. The fraction of sp³-hybridized carbons (Fsp3) is 0.278. The van der Waals surface area contributed by atoms with Gasteiger partial charge in [-0.2, -0.15) is 0 Å². The maximum Gasteiger partial charge on any atom is 0.224 e. The first-order valence-corrected chi connectivity index (χ1v) is 7.89. The minimum Gasteiger partial charge on any atom is -0.355 e. The summed E-state index contributed by atoms with van der Waals surface area (Å²) < 4.78 is 0. The Morgan fingerprint density at radius 2 is 1.45 bits per heavy atom. The molecule has 0 heterocycles. The molecule has 0 aliphatic heterocycles. The molecular formula is C18H19Cl2NO. The molecule has 0 atom stereocenters. The van der Waals surface area contributed by atoms with Crippen LogP contribution in [0.2, 0.25) is 10.0 Å². The Labute approximate surface area is 141 Å². The molecule has 2 nitrogen and oxygen atoms in total. The van der Waals surface area contributed by atoms with Gasteiger partial charge in [-0.3, -0.25) is 4.79 Å². The Bertz CT molecular complexity index is 633. The number of carbonyl (C=O) groups is 1. The molecule has 22 heavy (non-hydrogen) atoms. The van der Waals surface area contributed by atoms with Gasteiger partial charge in [0.05, 0.1) is 6.42 Å². The number of carbonyl (C=O) groups excluding carboxylic acids is 1. The average molecular weight is 336 g/mol. The quantitative estimate of drug-likeness (QED) is 0.847. The van der Waals surface area contributed by atoms with Gasteiger partial charge < -0.3 is 5.32 Å². The van der Waals surface area contributed by atoms with Crippen LogP contribution in [0.4, 0.5) is 0 Å². The number of rotatable bonds is 5. The van der Waals surface area contributed by atoms with E-state index in [-0.39, 0.29) is 11.3 Å². The predicted octanol–water partition coefficient (Wildman–Crippen LogP) is 4.63. The van der Waals surface area contributed by atoms with Gasteiger partial charge in [-0.05, 0) is 35.4 Å². The predicted molar refractivity (Wildman–Crippen MR) is 92.6 cm³/mol. The summed E-state index contributed by atoms with van der Waals surface area (Å²) in [4.78, 5) is 12.1. The summed E-state index contributed by atoms with van der Waals surface area (Å²) >= 11 is 11.7. The first-order chi connectivity index (χ1) is 10.4. The fourth-order valence-corrected chi connectivity index (χ4v) is 2.42. The molecule has 2 rings (SSSR count). The van der Waals surface area contributed by atoms with Crippen LogP contribution in [0, 0.1) is 0 Å². The molecular weight excluding hydrogens is 317 g/mol. The summed E-state index contributed by atoms with van der Waals surface area (Å²) in [6.07, 6.45) is 0.355. The lowest BCUT2D eigenvalue weighted by Crippen LogP contribution is -2.37. The highest BCUT2D eigenvalue weighted by atomic mass is 35.5. The molecule has 116 valence electrons. The van der Waals surface area contributed by atoms with Gasteiger partial charge in [0.15, 0.2) is 0 Å². The van der Waals surface area contributed by atoms with Crippen molar-refractivity contribution in [3.63, 3.8) is 0 Å². The smallest absolute Gasteiger partial charge is 0.224 e. The van der Waals surface area contributed by atoms with E-state index >= 15 is 0 Å². The summed E-state index contributed by atoms with van der Waals surface area (Å²) in [7, 11) is 0. The summed E-state index contributed by atoms with van der Waals surface area (Å²) in [5, 5.41) is 4.38. The summed E-state index contributed by atoms with van der Waals surface area (Å²) in [5.41, 5.74) is 1.94. The van der Waals surface area contributed by atoms with Crippen LogP contribution in [0.5, 0.6) is 0 Å². The van der Waals surface area contributed by atoms with Crippen LogP contribution < -0.4 is 5.32 Å². The van der Waals surface area contributed by atoms with Gasteiger partial charge in [0.25, 0.3) is 0 Å². The van der Waals surface area contributed by atoms with Crippen LogP contribution in [0.25, 0.3) is 0 Å². The lowest BCUT2D eigenvalue weighted by Gasteiger charge is -2.25. The average Bonchev–Trinajstić information content (AvgIpc) is 2.48. The number of nitrogens with one attached hydrogen (secondary N) is 1. The van der Waals surface area contributed by atoms with E-state index in [1.807, 2.05) is 36.4 Å². The fourth-order valence-electron chi connectivity index (χ4n) is 2.17. The highest BCUT2D eigenvalue weighted by Crippen LogP contribution is 2.23. The molecule has 0 radical (unpaired) electrons. The molecule has 0 saturated heterocycles. The van der Waals surface area contributed by atoms with E-state index in [0.717, 1.165) is 11.1 Å². The maximum atomic E-state index is 12.1. The van der Waals surface area contributed by atoms with Crippen LogP contribution in [-0.2, 0) is 16.6 Å². The van der Waals surface area contributed by atoms with Crippen molar-refractivity contribution in [1.29, 1.82) is 0 Å². The Balaban J connectivity index is 1.92.